The number of amides is 4. The molecule has 0 saturated carbocycles. The largest absolute Gasteiger partial charge is 0.478 e. The second-order valence-electron chi connectivity index (χ2n) is 6.71. The molecule has 0 unspecified atom stereocenters. The van der Waals surface area contributed by atoms with E-state index in [2.05, 4.69) is 5.32 Å². The number of hydrogen-bond acceptors (Lipinski definition) is 4. The number of carbonyl (C=O) groups is 4. The molecule has 2 aromatic carbocycles. The van der Waals surface area contributed by atoms with Gasteiger partial charge in [0.1, 0.15) is 5.57 Å². The van der Waals surface area contributed by atoms with Crippen molar-refractivity contribution in [1.29, 1.82) is 0 Å². The van der Waals surface area contributed by atoms with Crippen LogP contribution in [0.1, 0.15) is 16.1 Å². The second-order valence-corrected chi connectivity index (χ2v) is 7.56. The number of aromatic nitrogens is 1. The van der Waals surface area contributed by atoms with Crippen LogP contribution >= 0.6 is 23.2 Å². The van der Waals surface area contributed by atoms with Gasteiger partial charge in [0, 0.05) is 22.6 Å². The van der Waals surface area contributed by atoms with Gasteiger partial charge in [-0.2, -0.15) is 0 Å². The van der Waals surface area contributed by atoms with E-state index in [-0.39, 0.29) is 21.8 Å². The number of halogens is 2. The molecule has 0 atom stereocenters. The van der Waals surface area contributed by atoms with E-state index in [0.717, 1.165) is 4.90 Å². The van der Waals surface area contributed by atoms with Crippen LogP contribution in [-0.4, -0.2) is 33.5 Å². The number of anilines is 1. The van der Waals surface area contributed by atoms with Gasteiger partial charge in [0.25, 0.3) is 11.8 Å². The zero-order valence-electron chi connectivity index (χ0n) is 16.1. The van der Waals surface area contributed by atoms with Crippen LogP contribution in [0, 0.1) is 0 Å². The highest BCUT2D eigenvalue weighted by Crippen LogP contribution is 2.31. The lowest BCUT2D eigenvalue weighted by Gasteiger charge is -2.27. The molecule has 0 aliphatic carbocycles. The van der Waals surface area contributed by atoms with Crippen molar-refractivity contribution in [2.45, 2.75) is 0 Å². The molecule has 32 heavy (non-hydrogen) atoms. The van der Waals surface area contributed by atoms with Crippen molar-refractivity contribution < 1.29 is 24.3 Å². The predicted octanol–water partition coefficient (Wildman–Crippen LogP) is 4.15. The molecule has 1 aliphatic rings. The van der Waals surface area contributed by atoms with Gasteiger partial charge in [-0.1, -0.05) is 29.3 Å². The molecule has 2 heterocycles. The summed E-state index contributed by atoms with van der Waals surface area (Å²) in [5, 5.41) is 11.7. The average Bonchev–Trinajstić information content (AvgIpc) is 3.21. The fourth-order valence-corrected chi connectivity index (χ4v) is 3.72. The van der Waals surface area contributed by atoms with Crippen molar-refractivity contribution in [2.75, 3.05) is 4.90 Å². The third kappa shape index (κ3) is 3.89. The SMILES string of the molecule is O=C1NC(=O)N(c2ccc(Cl)cc2Cl)C(=O)/C1=C/c1cccn1-c1cccc(C(=O)O)c1. The fraction of sp³-hybridized carbons (Fsp3) is 0. The topological polar surface area (TPSA) is 109 Å². The summed E-state index contributed by atoms with van der Waals surface area (Å²) < 4.78 is 1.61. The molecule has 1 aliphatic heterocycles. The first-order valence-electron chi connectivity index (χ1n) is 9.14. The summed E-state index contributed by atoms with van der Waals surface area (Å²) in [4.78, 5) is 50.0. The number of imide groups is 2. The minimum Gasteiger partial charge on any atom is -0.478 e. The molecule has 4 rings (SSSR count). The predicted molar refractivity (Wildman–Crippen MR) is 118 cm³/mol. The zero-order valence-corrected chi connectivity index (χ0v) is 17.6. The van der Waals surface area contributed by atoms with E-state index in [0.29, 0.717) is 16.4 Å². The first-order valence-corrected chi connectivity index (χ1v) is 9.89. The van der Waals surface area contributed by atoms with E-state index in [1.54, 1.807) is 35.0 Å². The van der Waals surface area contributed by atoms with E-state index in [9.17, 15) is 24.3 Å². The number of rotatable bonds is 4. The van der Waals surface area contributed by atoms with Crippen LogP contribution in [-0.2, 0) is 9.59 Å². The lowest BCUT2D eigenvalue weighted by molar-refractivity contribution is -0.122. The van der Waals surface area contributed by atoms with Crippen LogP contribution < -0.4 is 10.2 Å². The lowest BCUT2D eigenvalue weighted by Crippen LogP contribution is -2.54. The van der Waals surface area contributed by atoms with Crippen molar-refractivity contribution in [3.05, 3.63) is 87.7 Å². The molecule has 0 radical (unpaired) electrons. The summed E-state index contributed by atoms with van der Waals surface area (Å²) in [5.41, 5.74) is 0.781. The van der Waals surface area contributed by atoms with E-state index in [1.807, 2.05) is 0 Å². The third-order valence-electron chi connectivity index (χ3n) is 4.70. The zero-order chi connectivity index (χ0) is 23.0. The normalized spacial score (nSPS) is 15.2. The van der Waals surface area contributed by atoms with Crippen LogP contribution in [0.3, 0.4) is 0 Å². The second kappa shape index (κ2) is 8.33. The Bertz CT molecular complexity index is 1330. The Balaban J connectivity index is 1.76. The summed E-state index contributed by atoms with van der Waals surface area (Å²) in [6.07, 6.45) is 2.96. The molecule has 0 bridgehead atoms. The third-order valence-corrected chi connectivity index (χ3v) is 5.23. The Hall–Kier alpha value is -3.88. The van der Waals surface area contributed by atoms with Crippen LogP contribution in [0.2, 0.25) is 10.0 Å². The number of carboxylic acids is 1. The van der Waals surface area contributed by atoms with Gasteiger partial charge >= 0.3 is 12.0 Å². The van der Waals surface area contributed by atoms with Crippen LogP contribution in [0.15, 0.2) is 66.4 Å². The van der Waals surface area contributed by atoms with Crippen LogP contribution in [0.25, 0.3) is 11.8 Å². The number of nitrogens with one attached hydrogen (secondary N) is 1. The number of benzene rings is 2. The smallest absolute Gasteiger partial charge is 0.335 e. The van der Waals surface area contributed by atoms with Gasteiger partial charge in [-0.05, 0) is 54.6 Å². The van der Waals surface area contributed by atoms with Gasteiger partial charge in [0.2, 0.25) is 0 Å². The van der Waals surface area contributed by atoms with E-state index >= 15 is 0 Å². The maximum Gasteiger partial charge on any atom is 0.335 e. The van der Waals surface area contributed by atoms with Crippen LogP contribution in [0.4, 0.5) is 10.5 Å². The summed E-state index contributed by atoms with van der Waals surface area (Å²) in [7, 11) is 0. The van der Waals surface area contributed by atoms with Crippen molar-refractivity contribution in [3.8, 4) is 5.69 Å². The minimum atomic E-state index is -1.09. The number of carboxylic acid groups (broad SMARTS) is 1. The number of urea groups is 1. The molecular formula is C22H13Cl2N3O5. The molecule has 0 spiro atoms. The van der Waals surface area contributed by atoms with Crippen molar-refractivity contribution >= 4 is 58.8 Å². The van der Waals surface area contributed by atoms with Crippen molar-refractivity contribution in [1.82, 2.24) is 9.88 Å². The number of carbonyl (C=O) groups excluding carboxylic acids is 3. The van der Waals surface area contributed by atoms with E-state index < -0.39 is 23.8 Å². The van der Waals surface area contributed by atoms with Crippen LogP contribution in [0.5, 0.6) is 0 Å². The van der Waals surface area contributed by atoms with E-state index in [4.69, 9.17) is 23.2 Å². The Kier molecular flexibility index (Phi) is 5.56. The van der Waals surface area contributed by atoms with Crippen molar-refractivity contribution in [2.24, 2.45) is 0 Å². The van der Waals surface area contributed by atoms with Gasteiger partial charge in [-0.25, -0.2) is 14.5 Å². The first kappa shape index (κ1) is 21.4. The number of aromatic carboxylic acids is 1. The average molecular weight is 470 g/mol. The highest BCUT2D eigenvalue weighted by atomic mass is 35.5. The van der Waals surface area contributed by atoms with Gasteiger partial charge in [-0.15, -0.1) is 0 Å². The Morgan fingerprint density at radius 3 is 2.50 bits per heavy atom. The number of hydrogen-bond donors (Lipinski definition) is 2. The first-order chi connectivity index (χ1) is 15.3. The molecular weight excluding hydrogens is 457 g/mol. The maximum atomic E-state index is 13.1. The molecule has 3 aromatic rings. The molecule has 4 amide bonds. The minimum absolute atomic E-state index is 0.0589. The molecule has 8 nitrogen and oxygen atoms in total. The molecule has 1 fully saturated rings. The Labute approximate surface area is 191 Å². The summed E-state index contributed by atoms with van der Waals surface area (Å²) in [6, 6.07) is 12.8. The molecule has 1 aromatic heterocycles. The summed E-state index contributed by atoms with van der Waals surface area (Å²) in [5.74, 6) is -2.82. The quantitative estimate of drug-likeness (QED) is 0.440. The molecule has 160 valence electrons. The van der Waals surface area contributed by atoms with Crippen molar-refractivity contribution in [3.63, 3.8) is 0 Å². The van der Waals surface area contributed by atoms with Gasteiger partial charge in [0.05, 0.1) is 16.3 Å². The van der Waals surface area contributed by atoms with Gasteiger partial charge in [0.15, 0.2) is 0 Å². The summed E-state index contributed by atoms with van der Waals surface area (Å²) >= 11 is 12.0. The maximum absolute atomic E-state index is 13.1. The number of barbiturate groups is 1. The standard InChI is InChI=1S/C22H13Cl2N3O5/c23-13-6-7-18(17(24)10-13)27-20(29)16(19(28)25-22(27)32)11-15-5-2-8-26(15)14-4-1-3-12(9-14)21(30)31/h1-11H,(H,30,31)(H,25,28,32)/b16-11+. The highest BCUT2D eigenvalue weighted by molar-refractivity contribution is 6.42. The molecule has 1 saturated heterocycles. The Morgan fingerprint density at radius 1 is 1.00 bits per heavy atom. The lowest BCUT2D eigenvalue weighted by atomic mass is 10.1. The monoisotopic (exact) mass is 469 g/mol. The highest BCUT2D eigenvalue weighted by Gasteiger charge is 2.38. The number of nitrogens with zero attached hydrogens (tertiary/aromatic N) is 2. The fourth-order valence-electron chi connectivity index (χ4n) is 3.22. The van der Waals surface area contributed by atoms with E-state index in [1.165, 1.54) is 36.4 Å². The summed E-state index contributed by atoms with van der Waals surface area (Å²) in [6.45, 7) is 0. The Morgan fingerprint density at radius 2 is 1.78 bits per heavy atom. The molecule has 2 N–H and O–H groups in total. The molecule has 10 heteroatoms. The van der Waals surface area contributed by atoms with Gasteiger partial charge in [-0.3, -0.25) is 14.9 Å². The van der Waals surface area contributed by atoms with Gasteiger partial charge < -0.3 is 9.67 Å².